The molecule has 0 amide bonds. The van der Waals surface area contributed by atoms with Crippen molar-refractivity contribution >= 4 is 29.5 Å². The zero-order chi connectivity index (χ0) is 20.6. The first-order valence-electron chi connectivity index (χ1n) is 9.27. The molecular weight excluding hydrogens is 398 g/mol. The highest BCUT2D eigenvalue weighted by atomic mass is 32.2. The minimum Gasteiger partial charge on any atom is -0.462 e. The Morgan fingerprint density at radius 2 is 1.82 bits per heavy atom. The molecule has 1 saturated heterocycles. The molecule has 2 rings (SSSR count). The molecule has 1 aromatic rings. The predicted molar refractivity (Wildman–Crippen MR) is 114 cm³/mol. The van der Waals surface area contributed by atoms with Crippen molar-refractivity contribution < 1.29 is 19.0 Å². The Balaban J connectivity index is 2.16. The van der Waals surface area contributed by atoms with Gasteiger partial charge in [0.25, 0.3) is 0 Å². The highest BCUT2D eigenvalue weighted by molar-refractivity contribution is 8.17. The molecule has 3 atom stereocenters. The Morgan fingerprint density at radius 3 is 2.39 bits per heavy atom. The Kier molecular flexibility index (Phi) is 8.98. The third-order valence-corrected chi connectivity index (χ3v) is 6.74. The number of hydrogen-bond acceptors (Lipinski definition) is 7. The highest BCUT2D eigenvalue weighted by Gasteiger charge is 2.48. The number of benzene rings is 1. The second-order valence-electron chi connectivity index (χ2n) is 6.58. The van der Waals surface area contributed by atoms with Crippen molar-refractivity contribution in [2.24, 2.45) is 5.11 Å². The third kappa shape index (κ3) is 6.32. The fourth-order valence-electron chi connectivity index (χ4n) is 2.97. The summed E-state index contributed by atoms with van der Waals surface area (Å²) in [4.78, 5) is 15.2. The van der Waals surface area contributed by atoms with Crippen molar-refractivity contribution in [3.05, 3.63) is 46.3 Å². The lowest BCUT2D eigenvalue weighted by atomic mass is 10.1. The van der Waals surface area contributed by atoms with Crippen molar-refractivity contribution in [1.29, 1.82) is 0 Å². The molecule has 0 aliphatic carbocycles. The van der Waals surface area contributed by atoms with Crippen LogP contribution in [-0.2, 0) is 14.2 Å². The van der Waals surface area contributed by atoms with Crippen molar-refractivity contribution in [2.45, 2.75) is 56.3 Å². The summed E-state index contributed by atoms with van der Waals surface area (Å²) in [6, 6.07) is 8.04. The van der Waals surface area contributed by atoms with Crippen LogP contribution in [0.1, 0.15) is 38.1 Å². The first-order valence-corrected chi connectivity index (χ1v) is 11.4. The predicted octanol–water partition coefficient (Wildman–Crippen LogP) is 4.87. The maximum Gasteiger partial charge on any atom is 0.338 e. The van der Waals surface area contributed by atoms with Crippen LogP contribution in [0.3, 0.4) is 0 Å². The molecule has 1 fully saturated rings. The van der Waals surface area contributed by atoms with E-state index in [0.717, 1.165) is 11.5 Å². The van der Waals surface area contributed by atoms with Crippen LogP contribution in [0, 0.1) is 0 Å². The molecule has 28 heavy (non-hydrogen) atoms. The topological polar surface area (TPSA) is 93.5 Å². The van der Waals surface area contributed by atoms with Crippen molar-refractivity contribution in [1.82, 2.24) is 0 Å². The van der Waals surface area contributed by atoms with E-state index in [2.05, 4.69) is 23.9 Å². The van der Waals surface area contributed by atoms with Crippen LogP contribution in [0.15, 0.2) is 35.4 Å². The number of thioether (sulfide) groups is 2. The summed E-state index contributed by atoms with van der Waals surface area (Å²) >= 11 is 3.55. The molecule has 0 bridgehead atoms. The van der Waals surface area contributed by atoms with Gasteiger partial charge in [0.15, 0.2) is 5.79 Å². The number of carbonyl (C=O) groups excluding carboxylic acids is 1. The molecule has 0 saturated carbocycles. The van der Waals surface area contributed by atoms with Gasteiger partial charge in [-0.05, 0) is 43.0 Å². The van der Waals surface area contributed by atoms with Crippen molar-refractivity contribution in [2.75, 3.05) is 18.1 Å². The Bertz CT molecular complexity index is 677. The van der Waals surface area contributed by atoms with E-state index in [9.17, 15) is 4.79 Å². The third-order valence-electron chi connectivity index (χ3n) is 4.07. The Labute approximate surface area is 174 Å². The molecular formula is C19H27N3O4S2. The van der Waals surface area contributed by atoms with Gasteiger partial charge in [-0.25, -0.2) is 4.79 Å². The molecule has 0 unspecified atom stereocenters. The summed E-state index contributed by atoms with van der Waals surface area (Å²) in [6.45, 7) is 7.80. The zero-order valence-electron chi connectivity index (χ0n) is 16.6. The maximum atomic E-state index is 12.3. The molecule has 1 aliphatic heterocycles. The van der Waals surface area contributed by atoms with Crippen LogP contribution in [0.2, 0.25) is 0 Å². The van der Waals surface area contributed by atoms with E-state index in [0.29, 0.717) is 5.56 Å². The standard InChI is InChI=1S/C19H27N3O4S2/c1-5-27-18(28-6-2)16-15(25-19(3,4)26-16)14(21-22-20)12-24-17(23)13-10-8-7-9-11-13/h7-11,14-16,18H,5-6,12H2,1-4H3/t14-,15+,16-/m1/s1. The first-order chi connectivity index (χ1) is 13.4. The number of azide groups is 1. The van der Waals surface area contributed by atoms with Gasteiger partial charge >= 0.3 is 5.97 Å². The summed E-state index contributed by atoms with van der Waals surface area (Å²) < 4.78 is 17.8. The van der Waals surface area contributed by atoms with Gasteiger partial charge in [0.05, 0.1) is 10.1 Å². The lowest BCUT2D eigenvalue weighted by Crippen LogP contribution is -2.41. The van der Waals surface area contributed by atoms with Crippen LogP contribution in [0.4, 0.5) is 0 Å². The van der Waals surface area contributed by atoms with E-state index < -0.39 is 23.9 Å². The van der Waals surface area contributed by atoms with E-state index in [4.69, 9.17) is 19.7 Å². The van der Waals surface area contributed by atoms with Crippen LogP contribution < -0.4 is 0 Å². The van der Waals surface area contributed by atoms with E-state index >= 15 is 0 Å². The number of ether oxygens (including phenoxy) is 3. The maximum absolute atomic E-state index is 12.3. The molecule has 154 valence electrons. The molecule has 0 N–H and O–H groups in total. The fraction of sp³-hybridized carbons (Fsp3) is 0.632. The second kappa shape index (κ2) is 11.0. The summed E-state index contributed by atoms with van der Waals surface area (Å²) in [5.74, 6) is 0.596. The van der Waals surface area contributed by atoms with Gasteiger partial charge in [0, 0.05) is 4.91 Å². The largest absolute Gasteiger partial charge is 0.462 e. The summed E-state index contributed by atoms with van der Waals surface area (Å²) in [5, 5.41) is 3.87. The van der Waals surface area contributed by atoms with Gasteiger partial charge in [-0.15, -0.1) is 23.5 Å². The normalized spacial score (nSPS) is 21.9. The van der Waals surface area contributed by atoms with Crippen LogP contribution >= 0.6 is 23.5 Å². The van der Waals surface area contributed by atoms with Crippen LogP contribution in [0.5, 0.6) is 0 Å². The van der Waals surface area contributed by atoms with Gasteiger partial charge in [-0.1, -0.05) is 37.2 Å². The zero-order valence-corrected chi connectivity index (χ0v) is 18.2. The van der Waals surface area contributed by atoms with Crippen molar-refractivity contribution in [3.8, 4) is 0 Å². The summed E-state index contributed by atoms with van der Waals surface area (Å²) in [6.07, 6.45) is -0.784. The molecule has 0 spiro atoms. The SMILES string of the molecule is CCSC(SCC)[C@@H]1OC(C)(C)O[C@H]1[C@@H](COC(=O)c1ccccc1)N=[N+]=[N-]. The van der Waals surface area contributed by atoms with Gasteiger partial charge in [0.2, 0.25) is 0 Å². The molecule has 1 heterocycles. The average Bonchev–Trinajstić information content (AvgIpc) is 3.00. The van der Waals surface area contributed by atoms with Gasteiger partial charge in [-0.3, -0.25) is 0 Å². The minimum absolute atomic E-state index is 0.0707. The molecule has 0 radical (unpaired) electrons. The fourth-order valence-corrected chi connectivity index (χ4v) is 5.63. The van der Waals surface area contributed by atoms with Crippen LogP contribution in [0.25, 0.3) is 10.4 Å². The lowest BCUT2D eigenvalue weighted by molar-refractivity contribution is -0.147. The number of rotatable bonds is 10. The van der Waals surface area contributed by atoms with E-state index in [1.807, 2.05) is 19.9 Å². The van der Waals surface area contributed by atoms with Crippen LogP contribution in [-0.4, -0.2) is 52.7 Å². The minimum atomic E-state index is -0.803. The molecule has 1 aliphatic rings. The highest BCUT2D eigenvalue weighted by Crippen LogP contribution is 2.40. The van der Waals surface area contributed by atoms with Gasteiger partial charge in [-0.2, -0.15) is 0 Å². The average molecular weight is 426 g/mol. The van der Waals surface area contributed by atoms with Crippen molar-refractivity contribution in [3.63, 3.8) is 0 Å². The molecule has 9 heteroatoms. The molecule has 7 nitrogen and oxygen atoms in total. The first kappa shape index (κ1) is 22.9. The van der Waals surface area contributed by atoms with Gasteiger partial charge in [0.1, 0.15) is 24.9 Å². The summed E-state index contributed by atoms with van der Waals surface area (Å²) in [7, 11) is 0. The number of nitrogens with zero attached hydrogens (tertiary/aromatic N) is 3. The molecule has 1 aromatic carbocycles. The summed E-state index contributed by atoms with van der Waals surface area (Å²) in [5.41, 5.74) is 9.50. The number of hydrogen-bond donors (Lipinski definition) is 0. The Hall–Kier alpha value is -1.38. The van der Waals surface area contributed by atoms with E-state index in [-0.39, 0.29) is 17.3 Å². The van der Waals surface area contributed by atoms with E-state index in [1.54, 1.807) is 47.8 Å². The number of carbonyl (C=O) groups is 1. The van der Waals surface area contributed by atoms with E-state index in [1.165, 1.54) is 0 Å². The molecule has 0 aromatic heterocycles. The quantitative estimate of drug-likeness (QED) is 0.174. The lowest BCUT2D eigenvalue weighted by Gasteiger charge is -2.28. The smallest absolute Gasteiger partial charge is 0.338 e. The monoisotopic (exact) mass is 425 g/mol. The Morgan fingerprint density at radius 1 is 1.21 bits per heavy atom. The second-order valence-corrected chi connectivity index (χ2v) is 9.72. The number of esters is 1. The van der Waals surface area contributed by atoms with Gasteiger partial charge < -0.3 is 14.2 Å².